The number of carbonyl (C=O) groups is 1. The van der Waals surface area contributed by atoms with Gasteiger partial charge in [0, 0.05) is 30.7 Å². The SMILES string of the molecule is CNC(=O)[C@@H]1[C@@H](O)[C@@]2(O)c3c(OC)cc(OC)cc3O[C@@]2(c2ccc(OC)c(O)c2)[C@@H]1c1ccccc1. The maximum Gasteiger partial charge on any atom is 0.226 e. The number of aliphatic hydroxyl groups is 2. The van der Waals surface area contributed by atoms with Gasteiger partial charge in [0.15, 0.2) is 22.7 Å². The number of phenolic OH excluding ortho intramolecular Hbond substituents is 1. The molecule has 5 atom stereocenters. The maximum atomic E-state index is 13.3. The third kappa shape index (κ3) is 3.20. The summed E-state index contributed by atoms with van der Waals surface area (Å²) in [5, 5.41) is 38.0. The molecule has 5 rings (SSSR count). The Hall–Kier alpha value is -3.95. The predicted octanol–water partition coefficient (Wildman–Crippen LogP) is 2.41. The zero-order valence-electron chi connectivity index (χ0n) is 20.9. The van der Waals surface area contributed by atoms with Gasteiger partial charge in [-0.1, -0.05) is 36.4 Å². The van der Waals surface area contributed by atoms with Crippen LogP contribution in [0.1, 0.15) is 22.6 Å². The highest BCUT2D eigenvalue weighted by molar-refractivity contribution is 5.83. The summed E-state index contributed by atoms with van der Waals surface area (Å²) in [4.78, 5) is 13.3. The molecule has 3 aromatic rings. The van der Waals surface area contributed by atoms with E-state index in [9.17, 15) is 20.1 Å². The van der Waals surface area contributed by atoms with E-state index >= 15 is 0 Å². The molecule has 0 bridgehead atoms. The Labute approximate surface area is 214 Å². The quantitative estimate of drug-likeness (QED) is 0.401. The van der Waals surface area contributed by atoms with Gasteiger partial charge < -0.3 is 39.6 Å². The van der Waals surface area contributed by atoms with Crippen molar-refractivity contribution < 1.29 is 39.1 Å². The largest absolute Gasteiger partial charge is 0.504 e. The minimum atomic E-state index is -2.17. The van der Waals surface area contributed by atoms with Crippen molar-refractivity contribution in [1.29, 1.82) is 0 Å². The average Bonchev–Trinajstić information content (AvgIpc) is 3.30. The summed E-state index contributed by atoms with van der Waals surface area (Å²) in [6.07, 6.45) is -1.62. The van der Waals surface area contributed by atoms with Gasteiger partial charge in [0.1, 0.15) is 23.4 Å². The molecule has 3 aromatic carbocycles. The van der Waals surface area contributed by atoms with Crippen LogP contribution in [-0.4, -0.2) is 55.7 Å². The second-order valence-electron chi connectivity index (χ2n) is 9.17. The summed E-state index contributed by atoms with van der Waals surface area (Å²) >= 11 is 0. The van der Waals surface area contributed by atoms with E-state index in [4.69, 9.17) is 18.9 Å². The van der Waals surface area contributed by atoms with Gasteiger partial charge in [-0.25, -0.2) is 0 Å². The second-order valence-corrected chi connectivity index (χ2v) is 9.17. The standard InChI is InChI=1S/C28H29NO8/c1-29-26(32)22-23(15-8-6-5-7-9-15)28(16-10-11-19(35-3)18(30)12-16)27(33,25(22)31)24-20(36-4)13-17(34-2)14-21(24)37-28/h5-14,22-23,25,30-31,33H,1-4H3,(H,29,32)/t22-,23+,25+,27-,28-/m0/s1. The summed E-state index contributed by atoms with van der Waals surface area (Å²) in [6, 6.07) is 16.9. The van der Waals surface area contributed by atoms with E-state index in [-0.39, 0.29) is 28.6 Å². The Bertz CT molecular complexity index is 1350. The number of phenols is 1. The van der Waals surface area contributed by atoms with Crippen molar-refractivity contribution in [2.45, 2.75) is 23.2 Å². The van der Waals surface area contributed by atoms with E-state index < -0.39 is 35.0 Å². The van der Waals surface area contributed by atoms with Crippen molar-refractivity contribution in [3.05, 3.63) is 77.4 Å². The lowest BCUT2D eigenvalue weighted by atomic mass is 9.70. The Kier molecular flexibility index (Phi) is 5.92. The molecule has 0 radical (unpaired) electrons. The number of hydrogen-bond donors (Lipinski definition) is 4. The molecule has 0 spiro atoms. The normalized spacial score (nSPS) is 27.6. The van der Waals surface area contributed by atoms with Crippen molar-refractivity contribution in [2.75, 3.05) is 28.4 Å². The molecule has 1 saturated carbocycles. The van der Waals surface area contributed by atoms with E-state index in [0.717, 1.165) is 0 Å². The van der Waals surface area contributed by atoms with Crippen molar-refractivity contribution in [3.8, 4) is 28.7 Å². The van der Waals surface area contributed by atoms with E-state index in [0.29, 0.717) is 16.9 Å². The van der Waals surface area contributed by atoms with Crippen LogP contribution in [0.2, 0.25) is 0 Å². The molecule has 1 aliphatic carbocycles. The summed E-state index contributed by atoms with van der Waals surface area (Å²) in [5.74, 6) is -1.59. The summed E-state index contributed by atoms with van der Waals surface area (Å²) in [7, 11) is 5.83. The van der Waals surface area contributed by atoms with Crippen LogP contribution in [-0.2, 0) is 16.0 Å². The molecular formula is C28H29NO8. The molecule has 1 aliphatic heterocycles. The highest BCUT2D eigenvalue weighted by Crippen LogP contribution is 2.70. The highest BCUT2D eigenvalue weighted by atomic mass is 16.5. The molecule has 1 fully saturated rings. The van der Waals surface area contributed by atoms with Gasteiger partial charge in [0.05, 0.1) is 32.8 Å². The fraction of sp³-hybridized carbons (Fsp3) is 0.321. The van der Waals surface area contributed by atoms with Crippen LogP contribution in [0, 0.1) is 5.92 Å². The molecule has 0 aromatic heterocycles. The number of ether oxygens (including phenoxy) is 4. The molecule has 1 amide bonds. The first kappa shape index (κ1) is 24.7. The molecule has 1 heterocycles. The first-order valence-corrected chi connectivity index (χ1v) is 11.8. The van der Waals surface area contributed by atoms with E-state index in [1.807, 2.05) is 30.3 Å². The number of aliphatic hydroxyl groups excluding tert-OH is 1. The molecule has 9 heteroatoms. The Morgan fingerprint density at radius 3 is 2.27 bits per heavy atom. The van der Waals surface area contributed by atoms with Crippen molar-refractivity contribution >= 4 is 5.91 Å². The van der Waals surface area contributed by atoms with Crippen molar-refractivity contribution in [1.82, 2.24) is 5.32 Å². The fourth-order valence-electron chi connectivity index (χ4n) is 6.04. The van der Waals surface area contributed by atoms with Crippen LogP contribution in [0.5, 0.6) is 28.7 Å². The molecule has 37 heavy (non-hydrogen) atoms. The average molecular weight is 508 g/mol. The zero-order valence-corrected chi connectivity index (χ0v) is 20.9. The number of carbonyl (C=O) groups excluding carboxylic acids is 1. The predicted molar refractivity (Wildman–Crippen MR) is 133 cm³/mol. The van der Waals surface area contributed by atoms with Crippen molar-refractivity contribution in [3.63, 3.8) is 0 Å². The van der Waals surface area contributed by atoms with Gasteiger partial charge in [0.25, 0.3) is 0 Å². The number of hydrogen-bond acceptors (Lipinski definition) is 8. The monoisotopic (exact) mass is 507 g/mol. The van der Waals surface area contributed by atoms with Crippen molar-refractivity contribution in [2.24, 2.45) is 5.92 Å². The molecule has 9 nitrogen and oxygen atoms in total. The lowest BCUT2D eigenvalue weighted by Gasteiger charge is -2.41. The summed E-state index contributed by atoms with van der Waals surface area (Å²) in [5.41, 5.74) is -2.74. The highest BCUT2D eigenvalue weighted by Gasteiger charge is 2.78. The zero-order chi connectivity index (χ0) is 26.5. The minimum Gasteiger partial charge on any atom is -0.504 e. The summed E-state index contributed by atoms with van der Waals surface area (Å²) < 4.78 is 23.0. The van der Waals surface area contributed by atoms with Gasteiger partial charge >= 0.3 is 0 Å². The van der Waals surface area contributed by atoms with E-state index in [2.05, 4.69) is 5.32 Å². The number of amides is 1. The lowest BCUT2D eigenvalue weighted by Crippen LogP contribution is -2.52. The Balaban J connectivity index is 1.90. The number of rotatable bonds is 6. The number of aromatic hydroxyl groups is 1. The number of benzene rings is 3. The van der Waals surface area contributed by atoms with Crippen LogP contribution in [0.25, 0.3) is 0 Å². The van der Waals surface area contributed by atoms with Crippen LogP contribution >= 0.6 is 0 Å². The van der Waals surface area contributed by atoms with Crippen LogP contribution < -0.4 is 24.3 Å². The molecule has 2 aliphatic rings. The van der Waals surface area contributed by atoms with E-state index in [1.165, 1.54) is 34.4 Å². The number of nitrogens with one attached hydrogen (secondary N) is 1. The lowest BCUT2D eigenvalue weighted by molar-refractivity contribution is -0.154. The van der Waals surface area contributed by atoms with E-state index in [1.54, 1.807) is 24.3 Å². The first-order chi connectivity index (χ1) is 17.8. The van der Waals surface area contributed by atoms with Gasteiger partial charge in [-0.3, -0.25) is 4.79 Å². The van der Waals surface area contributed by atoms with Crippen LogP contribution in [0.3, 0.4) is 0 Å². The Morgan fingerprint density at radius 1 is 0.973 bits per heavy atom. The summed E-state index contributed by atoms with van der Waals surface area (Å²) in [6.45, 7) is 0. The molecule has 194 valence electrons. The maximum absolute atomic E-state index is 13.3. The minimum absolute atomic E-state index is 0.186. The fourth-order valence-corrected chi connectivity index (χ4v) is 6.04. The Morgan fingerprint density at radius 2 is 1.68 bits per heavy atom. The molecular weight excluding hydrogens is 478 g/mol. The second kappa shape index (κ2) is 8.86. The number of methoxy groups -OCH3 is 3. The van der Waals surface area contributed by atoms with Gasteiger partial charge in [-0.2, -0.15) is 0 Å². The first-order valence-electron chi connectivity index (χ1n) is 11.8. The number of fused-ring (bicyclic) bond motifs is 3. The smallest absolute Gasteiger partial charge is 0.226 e. The van der Waals surface area contributed by atoms with Gasteiger partial charge in [-0.15, -0.1) is 0 Å². The van der Waals surface area contributed by atoms with Crippen LogP contribution in [0.15, 0.2) is 60.7 Å². The molecule has 0 unspecified atom stereocenters. The molecule has 0 saturated heterocycles. The van der Waals surface area contributed by atoms with Gasteiger partial charge in [-0.05, 0) is 17.7 Å². The third-order valence-electron chi connectivity index (χ3n) is 7.59. The topological polar surface area (TPSA) is 127 Å². The molecule has 4 N–H and O–H groups in total. The van der Waals surface area contributed by atoms with Gasteiger partial charge in [0.2, 0.25) is 5.91 Å². The van der Waals surface area contributed by atoms with Crippen LogP contribution in [0.4, 0.5) is 0 Å². The third-order valence-corrected chi connectivity index (χ3v) is 7.59.